The van der Waals surface area contributed by atoms with Crippen LogP contribution in [0.25, 0.3) is 6.08 Å². The van der Waals surface area contributed by atoms with E-state index in [0.29, 0.717) is 0 Å². The predicted octanol–water partition coefficient (Wildman–Crippen LogP) is 3.99. The maximum absolute atomic E-state index is 2.08. The Balaban J connectivity index is -0.000000270. The van der Waals surface area contributed by atoms with Crippen molar-refractivity contribution in [1.29, 1.82) is 0 Å². The molecule has 0 saturated heterocycles. The number of halogens is 3. The molecule has 1 aromatic rings. The minimum Gasteiger partial charge on any atom is -0.147 e. The predicted molar refractivity (Wildman–Crippen MR) is 62.9 cm³/mol. The van der Waals surface area contributed by atoms with E-state index in [2.05, 4.69) is 18.2 Å². The maximum atomic E-state index is 2.08. The van der Waals surface area contributed by atoms with Crippen molar-refractivity contribution < 1.29 is 0 Å². The third-order valence-corrected chi connectivity index (χ3v) is 1.16. The molecule has 0 nitrogen and oxygen atoms in total. The van der Waals surface area contributed by atoms with Crippen LogP contribution in [0.3, 0.4) is 0 Å². The molecule has 0 spiro atoms. The first kappa shape index (κ1) is 17.8. The molecule has 70 valence electrons. The average molecular weight is 228 g/mol. The molecule has 3 heteroatoms. The Kier molecular flexibility index (Phi) is 16.1. The molecule has 0 atom stereocenters. The van der Waals surface area contributed by atoms with Gasteiger partial charge in [-0.15, -0.1) is 37.2 Å². The summed E-state index contributed by atoms with van der Waals surface area (Å²) in [7, 11) is 0. The maximum Gasteiger partial charge on any atom is -0.0260 e. The largest absolute Gasteiger partial charge is 0.147 e. The van der Waals surface area contributed by atoms with Gasteiger partial charge in [0.1, 0.15) is 0 Å². The van der Waals surface area contributed by atoms with Crippen LogP contribution in [-0.4, -0.2) is 0 Å². The number of hydrogen-bond donors (Lipinski definition) is 0. The lowest BCUT2D eigenvalue weighted by atomic mass is 10.2. The highest BCUT2D eigenvalue weighted by atomic mass is 35.5. The highest BCUT2D eigenvalue weighted by Gasteiger charge is 1.77. The third kappa shape index (κ3) is 6.53. The van der Waals surface area contributed by atoms with Gasteiger partial charge in [0, 0.05) is 0 Å². The molecule has 0 aliphatic carbocycles. The molecule has 0 N–H and O–H groups in total. The van der Waals surface area contributed by atoms with E-state index >= 15 is 0 Å². The molecule has 0 saturated carbocycles. The van der Waals surface area contributed by atoms with Gasteiger partial charge in [0.05, 0.1) is 0 Å². The van der Waals surface area contributed by atoms with E-state index in [9.17, 15) is 0 Å². The molecule has 1 aromatic carbocycles. The van der Waals surface area contributed by atoms with Gasteiger partial charge in [-0.3, -0.25) is 0 Å². The lowest BCUT2D eigenvalue weighted by Gasteiger charge is -1.86. The van der Waals surface area contributed by atoms with Crippen molar-refractivity contribution in [2.45, 2.75) is 6.92 Å². The van der Waals surface area contributed by atoms with Crippen molar-refractivity contribution in [3.8, 4) is 0 Å². The lowest BCUT2D eigenvalue weighted by molar-refractivity contribution is 1.64. The summed E-state index contributed by atoms with van der Waals surface area (Å²) in [5.74, 6) is 0. The normalized spacial score (nSPS) is 7.75. The molecule has 0 aliphatic heterocycles. The minimum absolute atomic E-state index is 0. The number of allylic oxidation sites excluding steroid dienone is 1. The van der Waals surface area contributed by atoms with Crippen LogP contribution in [0.5, 0.6) is 0 Å². The Morgan fingerprint density at radius 2 is 1.42 bits per heavy atom. The van der Waals surface area contributed by atoms with Crippen LogP contribution in [0.1, 0.15) is 12.5 Å². The molecule has 0 radical (unpaired) electrons. The molecule has 0 amide bonds. The van der Waals surface area contributed by atoms with Crippen LogP contribution < -0.4 is 0 Å². The minimum atomic E-state index is 0. The number of rotatable bonds is 1. The summed E-state index contributed by atoms with van der Waals surface area (Å²) in [5.41, 5.74) is 1.26. The molecular formula is C9H13Cl3. The monoisotopic (exact) mass is 226 g/mol. The van der Waals surface area contributed by atoms with Crippen molar-refractivity contribution in [2.24, 2.45) is 0 Å². The quantitative estimate of drug-likeness (QED) is 0.681. The summed E-state index contributed by atoms with van der Waals surface area (Å²) in [4.78, 5) is 0. The molecule has 0 bridgehead atoms. The topological polar surface area (TPSA) is 0 Å². The third-order valence-electron chi connectivity index (χ3n) is 1.16. The first-order chi connectivity index (χ1) is 4.43. The highest BCUT2D eigenvalue weighted by molar-refractivity contribution is 5.86. The number of hydrogen-bond acceptors (Lipinski definition) is 0. The van der Waals surface area contributed by atoms with E-state index in [0.717, 1.165) is 0 Å². The van der Waals surface area contributed by atoms with Gasteiger partial charge in [0.2, 0.25) is 0 Å². The van der Waals surface area contributed by atoms with Crippen LogP contribution in [0.2, 0.25) is 0 Å². The van der Waals surface area contributed by atoms with Crippen molar-refractivity contribution in [3.63, 3.8) is 0 Å². The first-order valence-electron chi connectivity index (χ1n) is 3.11. The van der Waals surface area contributed by atoms with E-state index in [1.807, 2.05) is 31.2 Å². The van der Waals surface area contributed by atoms with Gasteiger partial charge in [-0.25, -0.2) is 0 Å². The molecule has 0 heterocycles. The summed E-state index contributed by atoms with van der Waals surface area (Å²) in [6.07, 6.45) is 4.12. The van der Waals surface area contributed by atoms with Gasteiger partial charge < -0.3 is 0 Å². The van der Waals surface area contributed by atoms with E-state index in [1.54, 1.807) is 0 Å². The molecule has 0 fully saturated rings. The molecule has 0 aliphatic rings. The molecule has 0 aromatic heterocycles. The van der Waals surface area contributed by atoms with Gasteiger partial charge in [-0.2, -0.15) is 0 Å². The van der Waals surface area contributed by atoms with Crippen LogP contribution >= 0.6 is 37.2 Å². The fraction of sp³-hybridized carbons (Fsp3) is 0.111. The van der Waals surface area contributed by atoms with Crippen molar-refractivity contribution in [3.05, 3.63) is 42.0 Å². The van der Waals surface area contributed by atoms with Crippen molar-refractivity contribution in [2.75, 3.05) is 0 Å². The zero-order valence-corrected chi connectivity index (χ0v) is 9.22. The summed E-state index contributed by atoms with van der Waals surface area (Å²) in [6.45, 7) is 2.02. The van der Waals surface area contributed by atoms with E-state index in [4.69, 9.17) is 0 Å². The first-order valence-corrected chi connectivity index (χ1v) is 3.11. The average Bonchev–Trinajstić information content (AvgIpc) is 1.91. The Labute approximate surface area is 92.3 Å². The Morgan fingerprint density at radius 1 is 0.917 bits per heavy atom. The molecular weight excluding hydrogens is 214 g/mol. The van der Waals surface area contributed by atoms with Gasteiger partial charge in [-0.1, -0.05) is 42.5 Å². The van der Waals surface area contributed by atoms with Crippen LogP contribution in [0.4, 0.5) is 0 Å². The van der Waals surface area contributed by atoms with E-state index in [-0.39, 0.29) is 37.2 Å². The second kappa shape index (κ2) is 10.8. The molecule has 12 heavy (non-hydrogen) atoms. The summed E-state index contributed by atoms with van der Waals surface area (Å²) >= 11 is 0. The summed E-state index contributed by atoms with van der Waals surface area (Å²) in [5, 5.41) is 0. The Bertz CT molecular complexity index is 194. The molecule has 0 unspecified atom stereocenters. The summed E-state index contributed by atoms with van der Waals surface area (Å²) in [6, 6.07) is 10.3. The Hall–Kier alpha value is -0.170. The van der Waals surface area contributed by atoms with E-state index in [1.165, 1.54) is 5.56 Å². The zero-order valence-electron chi connectivity index (χ0n) is 6.77. The van der Waals surface area contributed by atoms with Gasteiger partial charge >= 0.3 is 0 Å². The second-order valence-electron chi connectivity index (χ2n) is 1.91. The fourth-order valence-corrected chi connectivity index (χ4v) is 0.757. The standard InChI is InChI=1S/C9H10.3ClH/c1-2-6-9-7-4-3-5-8-9;;;/h2-8H,1H3;3*1H. The lowest BCUT2D eigenvalue weighted by Crippen LogP contribution is -1.65. The van der Waals surface area contributed by atoms with Crippen LogP contribution in [0.15, 0.2) is 36.4 Å². The highest BCUT2D eigenvalue weighted by Crippen LogP contribution is 1.99. The SMILES string of the molecule is CC=Cc1ccccc1.Cl.Cl.Cl. The van der Waals surface area contributed by atoms with Crippen molar-refractivity contribution in [1.82, 2.24) is 0 Å². The van der Waals surface area contributed by atoms with Crippen LogP contribution in [-0.2, 0) is 0 Å². The zero-order chi connectivity index (χ0) is 6.53. The van der Waals surface area contributed by atoms with Crippen molar-refractivity contribution >= 4 is 43.3 Å². The number of benzene rings is 1. The fourth-order valence-electron chi connectivity index (χ4n) is 0.757. The Morgan fingerprint density at radius 3 is 1.83 bits per heavy atom. The second-order valence-corrected chi connectivity index (χ2v) is 1.91. The van der Waals surface area contributed by atoms with Crippen LogP contribution in [0, 0.1) is 0 Å². The van der Waals surface area contributed by atoms with Gasteiger partial charge in [0.15, 0.2) is 0 Å². The smallest absolute Gasteiger partial charge is 0.0260 e. The van der Waals surface area contributed by atoms with Gasteiger partial charge in [0.25, 0.3) is 0 Å². The van der Waals surface area contributed by atoms with Gasteiger partial charge in [-0.05, 0) is 12.5 Å². The summed E-state index contributed by atoms with van der Waals surface area (Å²) < 4.78 is 0. The molecule has 1 rings (SSSR count). The van der Waals surface area contributed by atoms with E-state index < -0.39 is 0 Å².